The Morgan fingerprint density at radius 3 is 2.56 bits per heavy atom. The SMILES string of the molecule is Cc1ccccc1/C(C#N)=C/OS(C)(=O)=O. The number of nitrogens with zero attached hydrogens (tertiary/aromatic N) is 1. The standard InChI is InChI=1S/C11H11NO3S/c1-9-5-3-4-6-11(9)10(7-12)8-15-16(2,13)14/h3-6,8H,1-2H3/b10-8+. The van der Waals surface area contributed by atoms with Crippen LogP contribution in [0.5, 0.6) is 0 Å². The fourth-order valence-corrected chi connectivity index (χ4v) is 1.43. The summed E-state index contributed by atoms with van der Waals surface area (Å²) in [6.45, 7) is 1.83. The van der Waals surface area contributed by atoms with Crippen molar-refractivity contribution in [3.8, 4) is 6.07 Å². The minimum absolute atomic E-state index is 0.184. The van der Waals surface area contributed by atoms with Gasteiger partial charge < -0.3 is 4.18 Å². The van der Waals surface area contributed by atoms with Crippen molar-refractivity contribution in [1.29, 1.82) is 5.26 Å². The second kappa shape index (κ2) is 4.81. The highest BCUT2D eigenvalue weighted by Crippen LogP contribution is 2.18. The zero-order valence-electron chi connectivity index (χ0n) is 8.97. The lowest BCUT2D eigenvalue weighted by Gasteiger charge is -2.03. The average Bonchev–Trinajstić information content (AvgIpc) is 2.20. The Bertz CT molecular complexity index is 553. The van der Waals surface area contributed by atoms with Gasteiger partial charge in [-0.15, -0.1) is 0 Å². The number of rotatable bonds is 3. The van der Waals surface area contributed by atoms with Crippen molar-refractivity contribution >= 4 is 15.7 Å². The maximum Gasteiger partial charge on any atom is 0.305 e. The maximum absolute atomic E-state index is 10.8. The molecule has 5 heteroatoms. The first-order chi connectivity index (χ1) is 7.44. The third kappa shape index (κ3) is 3.41. The molecule has 0 bridgehead atoms. The summed E-state index contributed by atoms with van der Waals surface area (Å²) in [5, 5.41) is 8.91. The molecule has 0 fully saturated rings. The van der Waals surface area contributed by atoms with E-state index in [9.17, 15) is 8.42 Å². The van der Waals surface area contributed by atoms with Crippen LogP contribution >= 0.6 is 0 Å². The van der Waals surface area contributed by atoms with Crippen LogP contribution < -0.4 is 0 Å². The molecule has 0 atom stereocenters. The minimum atomic E-state index is -3.58. The fraction of sp³-hybridized carbons (Fsp3) is 0.182. The molecule has 0 unspecified atom stereocenters. The van der Waals surface area contributed by atoms with Crippen LogP contribution in [-0.2, 0) is 14.3 Å². The van der Waals surface area contributed by atoms with Crippen LogP contribution in [0.2, 0.25) is 0 Å². The molecule has 0 spiro atoms. The van der Waals surface area contributed by atoms with Gasteiger partial charge in [0.05, 0.1) is 11.8 Å². The van der Waals surface area contributed by atoms with E-state index < -0.39 is 10.1 Å². The number of hydrogen-bond acceptors (Lipinski definition) is 4. The van der Waals surface area contributed by atoms with Gasteiger partial charge in [0.1, 0.15) is 12.3 Å². The largest absolute Gasteiger partial charge is 0.389 e. The van der Waals surface area contributed by atoms with Gasteiger partial charge >= 0.3 is 10.1 Å². The normalized spacial score (nSPS) is 11.9. The van der Waals surface area contributed by atoms with E-state index in [1.165, 1.54) is 0 Å². The number of hydrogen-bond donors (Lipinski definition) is 0. The van der Waals surface area contributed by atoms with Crippen molar-refractivity contribution < 1.29 is 12.6 Å². The van der Waals surface area contributed by atoms with Crippen molar-refractivity contribution in [2.24, 2.45) is 0 Å². The monoisotopic (exact) mass is 237 g/mol. The first-order valence-electron chi connectivity index (χ1n) is 4.48. The third-order valence-corrected chi connectivity index (χ3v) is 2.34. The quantitative estimate of drug-likeness (QED) is 0.457. The van der Waals surface area contributed by atoms with Crippen LogP contribution in [0.3, 0.4) is 0 Å². The number of allylic oxidation sites excluding steroid dienone is 1. The van der Waals surface area contributed by atoms with E-state index in [1.54, 1.807) is 12.1 Å². The van der Waals surface area contributed by atoms with Crippen molar-refractivity contribution in [2.45, 2.75) is 6.92 Å². The molecular formula is C11H11NO3S. The van der Waals surface area contributed by atoms with Crippen LogP contribution in [0.4, 0.5) is 0 Å². The second-order valence-corrected chi connectivity index (χ2v) is 4.86. The molecule has 0 saturated heterocycles. The van der Waals surface area contributed by atoms with E-state index >= 15 is 0 Å². The number of aryl methyl sites for hydroxylation is 1. The fourth-order valence-electron chi connectivity index (χ4n) is 1.16. The summed E-state index contributed by atoms with van der Waals surface area (Å²) in [4.78, 5) is 0. The first-order valence-corrected chi connectivity index (χ1v) is 6.30. The molecule has 1 aromatic carbocycles. The zero-order valence-corrected chi connectivity index (χ0v) is 9.78. The minimum Gasteiger partial charge on any atom is -0.389 e. The maximum atomic E-state index is 10.8. The Labute approximate surface area is 94.9 Å². The highest BCUT2D eigenvalue weighted by molar-refractivity contribution is 7.86. The summed E-state index contributed by atoms with van der Waals surface area (Å²) in [5.74, 6) is 0. The molecule has 16 heavy (non-hydrogen) atoms. The van der Waals surface area contributed by atoms with E-state index in [-0.39, 0.29) is 5.57 Å². The van der Waals surface area contributed by atoms with Crippen LogP contribution in [0, 0.1) is 18.3 Å². The lowest BCUT2D eigenvalue weighted by molar-refractivity contribution is 0.451. The molecule has 0 aliphatic rings. The van der Waals surface area contributed by atoms with Crippen molar-refractivity contribution in [3.05, 3.63) is 41.7 Å². The molecule has 0 aliphatic carbocycles. The molecule has 0 amide bonds. The summed E-state index contributed by atoms with van der Waals surface area (Å²) in [6.07, 6.45) is 1.88. The van der Waals surface area contributed by atoms with E-state index in [4.69, 9.17) is 5.26 Å². The van der Waals surface area contributed by atoms with Crippen LogP contribution in [0.15, 0.2) is 30.5 Å². The third-order valence-electron chi connectivity index (χ3n) is 1.90. The molecule has 0 aromatic heterocycles. The molecule has 1 aromatic rings. The molecule has 0 heterocycles. The molecule has 0 radical (unpaired) electrons. The van der Waals surface area contributed by atoms with Gasteiger partial charge in [-0.3, -0.25) is 0 Å². The zero-order chi connectivity index (χ0) is 12.2. The molecule has 4 nitrogen and oxygen atoms in total. The Morgan fingerprint density at radius 2 is 2.06 bits per heavy atom. The van der Waals surface area contributed by atoms with Gasteiger partial charge in [0.25, 0.3) is 0 Å². The average molecular weight is 237 g/mol. The number of benzene rings is 1. The van der Waals surface area contributed by atoms with Crippen molar-refractivity contribution in [1.82, 2.24) is 0 Å². The lowest BCUT2D eigenvalue weighted by atomic mass is 10.0. The van der Waals surface area contributed by atoms with Crippen LogP contribution in [-0.4, -0.2) is 14.7 Å². The molecule has 1 rings (SSSR count). The van der Waals surface area contributed by atoms with E-state index in [2.05, 4.69) is 4.18 Å². The topological polar surface area (TPSA) is 67.2 Å². The van der Waals surface area contributed by atoms with Gasteiger partial charge in [0, 0.05) is 0 Å². The smallest absolute Gasteiger partial charge is 0.305 e. The van der Waals surface area contributed by atoms with Crippen LogP contribution in [0.1, 0.15) is 11.1 Å². The Hall–Kier alpha value is -1.80. The highest BCUT2D eigenvalue weighted by Gasteiger charge is 2.06. The van der Waals surface area contributed by atoms with Gasteiger partial charge in [-0.2, -0.15) is 13.7 Å². The Kier molecular flexibility index (Phi) is 3.69. The predicted octanol–water partition coefficient (Wildman–Crippen LogP) is 1.84. The van der Waals surface area contributed by atoms with Gasteiger partial charge in [-0.25, -0.2) is 0 Å². The van der Waals surface area contributed by atoms with E-state index in [1.807, 2.05) is 25.1 Å². The van der Waals surface area contributed by atoms with Crippen LogP contribution in [0.25, 0.3) is 5.57 Å². The molecule has 0 N–H and O–H groups in total. The van der Waals surface area contributed by atoms with E-state index in [0.717, 1.165) is 18.1 Å². The summed E-state index contributed by atoms with van der Waals surface area (Å²) < 4.78 is 26.1. The van der Waals surface area contributed by atoms with Gasteiger partial charge in [0.2, 0.25) is 0 Å². The second-order valence-electron chi connectivity index (χ2n) is 3.26. The summed E-state index contributed by atoms with van der Waals surface area (Å²) in [6, 6.07) is 9.08. The van der Waals surface area contributed by atoms with Gasteiger partial charge in [-0.1, -0.05) is 24.3 Å². The van der Waals surface area contributed by atoms with E-state index in [0.29, 0.717) is 5.56 Å². The number of nitriles is 1. The Balaban J connectivity index is 3.11. The Morgan fingerprint density at radius 1 is 1.44 bits per heavy atom. The summed E-state index contributed by atoms with van der Waals surface area (Å²) in [7, 11) is -3.58. The molecular weight excluding hydrogens is 226 g/mol. The molecule has 0 saturated carbocycles. The predicted molar refractivity (Wildman–Crippen MR) is 60.7 cm³/mol. The van der Waals surface area contributed by atoms with Crippen molar-refractivity contribution in [2.75, 3.05) is 6.26 Å². The summed E-state index contributed by atoms with van der Waals surface area (Å²) in [5.41, 5.74) is 1.73. The van der Waals surface area contributed by atoms with Crippen molar-refractivity contribution in [3.63, 3.8) is 0 Å². The lowest BCUT2D eigenvalue weighted by Crippen LogP contribution is -1.97. The highest BCUT2D eigenvalue weighted by atomic mass is 32.2. The van der Waals surface area contributed by atoms with Gasteiger partial charge in [-0.05, 0) is 18.1 Å². The molecule has 0 aliphatic heterocycles. The first kappa shape index (κ1) is 12.3. The summed E-state index contributed by atoms with van der Waals surface area (Å²) >= 11 is 0. The van der Waals surface area contributed by atoms with Gasteiger partial charge in [0.15, 0.2) is 0 Å². The molecule has 84 valence electrons.